The van der Waals surface area contributed by atoms with E-state index >= 15 is 0 Å². The molecule has 1 aliphatic rings. The third-order valence-corrected chi connectivity index (χ3v) is 2.28. The molecular weight excluding hydrogens is 182 g/mol. The van der Waals surface area contributed by atoms with Crippen molar-refractivity contribution in [2.45, 2.75) is 5.72 Å². The standard InChI is InChI=1S/C10H11NO3/c12-9(13)10(11-6-7-14-10)8-4-2-1-3-5-8/h1-5,11H,6-7H2,(H,12,13). The third kappa shape index (κ3) is 1.29. The van der Waals surface area contributed by atoms with Gasteiger partial charge >= 0.3 is 5.97 Å². The Kier molecular flexibility index (Phi) is 2.23. The lowest BCUT2D eigenvalue weighted by Gasteiger charge is -2.23. The molecule has 4 heteroatoms. The number of rotatable bonds is 2. The first-order chi connectivity index (χ1) is 6.76. The van der Waals surface area contributed by atoms with Crippen molar-refractivity contribution < 1.29 is 14.6 Å². The van der Waals surface area contributed by atoms with E-state index in [4.69, 9.17) is 9.84 Å². The van der Waals surface area contributed by atoms with Gasteiger partial charge in [-0.2, -0.15) is 0 Å². The van der Waals surface area contributed by atoms with Crippen molar-refractivity contribution in [1.82, 2.24) is 5.32 Å². The molecule has 14 heavy (non-hydrogen) atoms. The summed E-state index contributed by atoms with van der Waals surface area (Å²) in [6, 6.07) is 8.92. The van der Waals surface area contributed by atoms with Crippen molar-refractivity contribution >= 4 is 5.97 Å². The van der Waals surface area contributed by atoms with E-state index < -0.39 is 11.7 Å². The maximum absolute atomic E-state index is 11.1. The average molecular weight is 193 g/mol. The Labute approximate surface area is 81.5 Å². The van der Waals surface area contributed by atoms with Crippen LogP contribution in [0.2, 0.25) is 0 Å². The van der Waals surface area contributed by atoms with E-state index in [2.05, 4.69) is 5.32 Å². The number of carbonyl (C=O) groups is 1. The number of carboxylic acid groups (broad SMARTS) is 1. The Morgan fingerprint density at radius 1 is 1.43 bits per heavy atom. The van der Waals surface area contributed by atoms with E-state index in [0.29, 0.717) is 18.7 Å². The molecule has 2 N–H and O–H groups in total. The molecule has 1 aromatic carbocycles. The summed E-state index contributed by atoms with van der Waals surface area (Å²) < 4.78 is 5.28. The number of nitrogens with one attached hydrogen (secondary N) is 1. The van der Waals surface area contributed by atoms with Gasteiger partial charge in [-0.1, -0.05) is 30.3 Å². The van der Waals surface area contributed by atoms with Crippen molar-refractivity contribution in [1.29, 1.82) is 0 Å². The van der Waals surface area contributed by atoms with Crippen LogP contribution in [0.5, 0.6) is 0 Å². The fourth-order valence-electron chi connectivity index (χ4n) is 1.60. The van der Waals surface area contributed by atoms with Gasteiger partial charge in [0.05, 0.1) is 6.61 Å². The Bertz CT molecular complexity index is 330. The molecule has 1 aliphatic heterocycles. The van der Waals surface area contributed by atoms with Crippen LogP contribution in [0.1, 0.15) is 5.56 Å². The quantitative estimate of drug-likeness (QED) is 0.719. The van der Waals surface area contributed by atoms with Crippen molar-refractivity contribution in [2.75, 3.05) is 13.2 Å². The number of aliphatic carboxylic acids is 1. The Hall–Kier alpha value is -1.39. The highest BCUT2D eigenvalue weighted by Crippen LogP contribution is 2.25. The van der Waals surface area contributed by atoms with E-state index in [1.165, 1.54) is 0 Å². The maximum atomic E-state index is 11.1. The van der Waals surface area contributed by atoms with Crippen molar-refractivity contribution in [2.24, 2.45) is 0 Å². The van der Waals surface area contributed by atoms with E-state index in [9.17, 15) is 4.79 Å². The number of ether oxygens (including phenoxy) is 1. The number of hydrogen-bond donors (Lipinski definition) is 2. The molecule has 4 nitrogen and oxygen atoms in total. The molecule has 1 unspecified atom stereocenters. The molecule has 0 bridgehead atoms. The fraction of sp³-hybridized carbons (Fsp3) is 0.300. The molecule has 1 atom stereocenters. The second-order valence-corrected chi connectivity index (χ2v) is 3.13. The minimum atomic E-state index is -1.35. The lowest BCUT2D eigenvalue weighted by atomic mass is 10.0. The Morgan fingerprint density at radius 2 is 2.14 bits per heavy atom. The van der Waals surface area contributed by atoms with Crippen molar-refractivity contribution in [3.8, 4) is 0 Å². The van der Waals surface area contributed by atoms with Gasteiger partial charge < -0.3 is 9.84 Å². The van der Waals surface area contributed by atoms with Crippen LogP contribution >= 0.6 is 0 Å². The SMILES string of the molecule is O=C(O)C1(c2ccccc2)NCCO1. The minimum absolute atomic E-state index is 0.418. The predicted molar refractivity (Wildman–Crippen MR) is 49.7 cm³/mol. The molecule has 0 radical (unpaired) electrons. The zero-order chi connectivity index (χ0) is 10.0. The normalized spacial score (nSPS) is 26.3. The zero-order valence-corrected chi connectivity index (χ0v) is 7.56. The molecule has 2 rings (SSSR count). The van der Waals surface area contributed by atoms with Crippen LogP contribution in [0.3, 0.4) is 0 Å². The topological polar surface area (TPSA) is 58.6 Å². The molecule has 1 fully saturated rings. The average Bonchev–Trinajstić information content (AvgIpc) is 2.69. The molecular formula is C10H11NO3. The van der Waals surface area contributed by atoms with Gasteiger partial charge in [0.2, 0.25) is 5.72 Å². The second-order valence-electron chi connectivity index (χ2n) is 3.13. The fourth-order valence-corrected chi connectivity index (χ4v) is 1.60. The Balaban J connectivity index is 2.42. The highest BCUT2D eigenvalue weighted by Gasteiger charge is 2.44. The summed E-state index contributed by atoms with van der Waals surface area (Å²) in [6.45, 7) is 0.975. The first-order valence-electron chi connectivity index (χ1n) is 4.43. The summed E-state index contributed by atoms with van der Waals surface area (Å²) >= 11 is 0. The highest BCUT2D eigenvalue weighted by molar-refractivity contribution is 5.79. The summed E-state index contributed by atoms with van der Waals surface area (Å²) in [5, 5.41) is 12.0. The van der Waals surface area contributed by atoms with E-state index in [1.807, 2.05) is 6.07 Å². The van der Waals surface area contributed by atoms with Gasteiger partial charge in [-0.05, 0) is 0 Å². The van der Waals surface area contributed by atoms with Gasteiger partial charge in [-0.25, -0.2) is 4.79 Å². The number of benzene rings is 1. The van der Waals surface area contributed by atoms with Crippen LogP contribution < -0.4 is 5.32 Å². The second kappa shape index (κ2) is 3.40. The molecule has 1 heterocycles. The number of carboxylic acids is 1. The van der Waals surface area contributed by atoms with Gasteiger partial charge in [0, 0.05) is 12.1 Å². The predicted octanol–water partition coefficient (Wildman–Crippen LogP) is 0.544. The highest BCUT2D eigenvalue weighted by atomic mass is 16.6. The molecule has 0 saturated carbocycles. The van der Waals surface area contributed by atoms with Gasteiger partial charge in [-0.3, -0.25) is 5.32 Å². The van der Waals surface area contributed by atoms with Crippen LogP contribution in [0.25, 0.3) is 0 Å². The first-order valence-corrected chi connectivity index (χ1v) is 4.43. The van der Waals surface area contributed by atoms with E-state index in [-0.39, 0.29) is 0 Å². The molecule has 0 spiro atoms. The van der Waals surface area contributed by atoms with Crippen molar-refractivity contribution in [3.05, 3.63) is 35.9 Å². The van der Waals surface area contributed by atoms with E-state index in [0.717, 1.165) is 0 Å². The van der Waals surface area contributed by atoms with Gasteiger partial charge in [0.15, 0.2) is 0 Å². The van der Waals surface area contributed by atoms with E-state index in [1.54, 1.807) is 24.3 Å². The third-order valence-electron chi connectivity index (χ3n) is 2.28. The Morgan fingerprint density at radius 3 is 2.64 bits per heavy atom. The number of hydrogen-bond acceptors (Lipinski definition) is 3. The zero-order valence-electron chi connectivity index (χ0n) is 7.56. The molecule has 74 valence electrons. The van der Waals surface area contributed by atoms with Crippen molar-refractivity contribution in [3.63, 3.8) is 0 Å². The van der Waals surface area contributed by atoms with Crippen LogP contribution in [0.15, 0.2) is 30.3 Å². The summed E-state index contributed by atoms with van der Waals surface area (Å²) in [7, 11) is 0. The largest absolute Gasteiger partial charge is 0.478 e. The van der Waals surface area contributed by atoms with Gasteiger partial charge in [-0.15, -0.1) is 0 Å². The maximum Gasteiger partial charge on any atom is 0.356 e. The van der Waals surface area contributed by atoms with Crippen LogP contribution in [0.4, 0.5) is 0 Å². The molecule has 0 aromatic heterocycles. The minimum Gasteiger partial charge on any atom is -0.478 e. The van der Waals surface area contributed by atoms with Crippen LogP contribution in [-0.2, 0) is 15.3 Å². The monoisotopic (exact) mass is 193 g/mol. The summed E-state index contributed by atoms with van der Waals surface area (Å²) in [5.74, 6) is -0.999. The lowest BCUT2D eigenvalue weighted by Crippen LogP contribution is -2.45. The summed E-state index contributed by atoms with van der Waals surface area (Å²) in [5.41, 5.74) is -0.716. The molecule has 1 saturated heterocycles. The smallest absolute Gasteiger partial charge is 0.356 e. The molecule has 0 amide bonds. The molecule has 0 aliphatic carbocycles. The first kappa shape index (κ1) is 9.18. The van der Waals surface area contributed by atoms with Crippen LogP contribution in [-0.4, -0.2) is 24.2 Å². The lowest BCUT2D eigenvalue weighted by molar-refractivity contribution is -0.164. The van der Waals surface area contributed by atoms with Crippen LogP contribution in [0, 0.1) is 0 Å². The van der Waals surface area contributed by atoms with Gasteiger partial charge in [0.25, 0.3) is 0 Å². The summed E-state index contributed by atoms with van der Waals surface area (Å²) in [4.78, 5) is 11.1. The summed E-state index contributed by atoms with van der Waals surface area (Å²) in [6.07, 6.45) is 0. The molecule has 1 aromatic rings. The van der Waals surface area contributed by atoms with Gasteiger partial charge in [0.1, 0.15) is 0 Å².